The Bertz CT molecular complexity index is 886. The zero-order chi connectivity index (χ0) is 25.0. The maximum Gasteiger partial charge on any atom is 0.126 e. The molecule has 1 unspecified atom stereocenters. The smallest absolute Gasteiger partial charge is 0.126 e. The van der Waals surface area contributed by atoms with Crippen LogP contribution >= 0.6 is 0 Å². The van der Waals surface area contributed by atoms with Crippen molar-refractivity contribution in [2.75, 3.05) is 7.05 Å². The summed E-state index contributed by atoms with van der Waals surface area (Å²) < 4.78 is 0. The van der Waals surface area contributed by atoms with Crippen LogP contribution in [0.5, 0.6) is 0 Å². The van der Waals surface area contributed by atoms with Crippen molar-refractivity contribution >= 4 is 5.71 Å². The predicted molar refractivity (Wildman–Crippen MR) is 144 cm³/mol. The first-order valence-corrected chi connectivity index (χ1v) is 10.8. The van der Waals surface area contributed by atoms with E-state index in [1.54, 1.807) is 6.92 Å². The molecule has 0 aromatic rings. The Hall–Kier alpha value is -3.27. The number of allylic oxidation sites excluding steroid dienone is 7. The minimum atomic E-state index is 0.0605. The van der Waals surface area contributed by atoms with E-state index in [0.717, 1.165) is 41.1 Å². The highest BCUT2D eigenvalue weighted by molar-refractivity contribution is 6.09. The van der Waals surface area contributed by atoms with Crippen molar-refractivity contribution < 1.29 is 0 Å². The molecule has 174 valence electrons. The van der Waals surface area contributed by atoms with Gasteiger partial charge in [0.2, 0.25) is 0 Å². The van der Waals surface area contributed by atoms with E-state index in [9.17, 15) is 0 Å². The number of nitrogens with zero attached hydrogens (tertiary/aromatic N) is 2. The lowest BCUT2D eigenvalue weighted by Crippen LogP contribution is -2.32. The Balaban J connectivity index is 0.00000220. The van der Waals surface area contributed by atoms with Gasteiger partial charge in [-0.25, -0.2) is 4.99 Å². The van der Waals surface area contributed by atoms with E-state index in [-0.39, 0.29) is 6.04 Å². The molecule has 1 aliphatic heterocycles. The van der Waals surface area contributed by atoms with Gasteiger partial charge in [-0.3, -0.25) is 0 Å². The van der Waals surface area contributed by atoms with Crippen molar-refractivity contribution in [1.82, 2.24) is 10.2 Å². The molecule has 32 heavy (non-hydrogen) atoms. The molecule has 0 aromatic heterocycles. The lowest BCUT2D eigenvalue weighted by Gasteiger charge is -2.28. The van der Waals surface area contributed by atoms with Gasteiger partial charge in [-0.2, -0.15) is 0 Å². The molecular formula is C28H42N4. The standard InChI is InChI=1S/C25H35N3.C3H7N/c1-11-18(5)19(6)14-13-15-23(12-2)20(7)26-21(8)24-16-25(17(3)4)28(10)22(9)27-24;1-3(2)4/h12,14-16,20,26H,2-3,5,8-9,11,13H2,1,4,6-7,10H3;1,4H2,2H3/b19-14+,23-15?;. The topological polar surface area (TPSA) is 53.6 Å². The number of nitrogens with two attached hydrogens (primary N) is 1. The number of nitrogens with one attached hydrogen (secondary N) is 1. The zero-order valence-electron chi connectivity index (χ0n) is 21.0. The lowest BCUT2D eigenvalue weighted by atomic mass is 10.0. The van der Waals surface area contributed by atoms with Crippen LogP contribution in [-0.4, -0.2) is 23.7 Å². The van der Waals surface area contributed by atoms with E-state index >= 15 is 0 Å². The van der Waals surface area contributed by atoms with Gasteiger partial charge in [-0.1, -0.05) is 75.8 Å². The van der Waals surface area contributed by atoms with Gasteiger partial charge in [0.05, 0.1) is 11.4 Å². The summed E-state index contributed by atoms with van der Waals surface area (Å²) >= 11 is 0. The van der Waals surface area contributed by atoms with E-state index in [1.807, 2.05) is 31.0 Å². The molecule has 3 N–H and O–H groups in total. The van der Waals surface area contributed by atoms with Crippen LogP contribution in [0.1, 0.15) is 47.5 Å². The lowest BCUT2D eigenvalue weighted by molar-refractivity contribution is 0.520. The first-order valence-electron chi connectivity index (χ1n) is 10.8. The fourth-order valence-corrected chi connectivity index (χ4v) is 2.83. The number of hydrogen-bond donors (Lipinski definition) is 2. The third-order valence-corrected chi connectivity index (χ3v) is 4.91. The van der Waals surface area contributed by atoms with Crippen molar-refractivity contribution in [3.8, 4) is 0 Å². The van der Waals surface area contributed by atoms with E-state index < -0.39 is 0 Å². The monoisotopic (exact) mass is 434 g/mol. The van der Waals surface area contributed by atoms with Crippen LogP contribution in [-0.2, 0) is 0 Å². The van der Waals surface area contributed by atoms with E-state index in [4.69, 9.17) is 5.73 Å². The van der Waals surface area contributed by atoms with Crippen LogP contribution in [0.25, 0.3) is 0 Å². The van der Waals surface area contributed by atoms with Crippen molar-refractivity contribution in [2.45, 2.75) is 53.5 Å². The molecule has 0 amide bonds. The third-order valence-electron chi connectivity index (χ3n) is 4.91. The van der Waals surface area contributed by atoms with Gasteiger partial charge in [0.25, 0.3) is 0 Å². The Labute approximate surface area is 196 Å². The second kappa shape index (κ2) is 13.9. The Morgan fingerprint density at radius 2 is 1.75 bits per heavy atom. The summed E-state index contributed by atoms with van der Waals surface area (Å²) in [6, 6.07) is 0.0605. The van der Waals surface area contributed by atoms with Gasteiger partial charge in [-0.05, 0) is 63.5 Å². The number of likely N-dealkylation sites (N-methyl/N-ethyl adjacent to an activating group) is 1. The average Bonchev–Trinajstić information content (AvgIpc) is 2.71. The summed E-state index contributed by atoms with van der Waals surface area (Å²) in [7, 11) is 1.93. The summed E-state index contributed by atoms with van der Waals surface area (Å²) in [6.45, 7) is 33.6. The molecule has 0 aliphatic carbocycles. The molecule has 1 aliphatic rings. The molecule has 4 nitrogen and oxygen atoms in total. The van der Waals surface area contributed by atoms with Crippen molar-refractivity contribution in [2.24, 2.45) is 10.7 Å². The summed E-state index contributed by atoms with van der Waals surface area (Å²) in [6.07, 6.45) is 10.1. The van der Waals surface area contributed by atoms with Gasteiger partial charge in [0, 0.05) is 18.8 Å². The summed E-state index contributed by atoms with van der Waals surface area (Å²) in [5.41, 5.74) is 12.6. The summed E-state index contributed by atoms with van der Waals surface area (Å²) in [5.74, 6) is 0.669. The van der Waals surface area contributed by atoms with Gasteiger partial charge in [0.15, 0.2) is 0 Å². The van der Waals surface area contributed by atoms with Gasteiger partial charge < -0.3 is 16.0 Å². The molecule has 0 radical (unpaired) electrons. The highest BCUT2D eigenvalue weighted by Gasteiger charge is 2.18. The highest BCUT2D eigenvalue weighted by atomic mass is 15.2. The van der Waals surface area contributed by atoms with Crippen LogP contribution in [0.2, 0.25) is 0 Å². The molecule has 0 saturated heterocycles. The first-order chi connectivity index (χ1) is 14.8. The quantitative estimate of drug-likeness (QED) is 0.377. The van der Waals surface area contributed by atoms with E-state index in [1.165, 1.54) is 11.1 Å². The molecule has 0 aromatic carbocycles. The summed E-state index contributed by atoms with van der Waals surface area (Å²) in [4.78, 5) is 6.48. The Morgan fingerprint density at radius 3 is 2.22 bits per heavy atom. The highest BCUT2D eigenvalue weighted by Crippen LogP contribution is 2.23. The second-order valence-electron chi connectivity index (χ2n) is 7.96. The maximum atomic E-state index is 4.92. The molecule has 0 spiro atoms. The van der Waals surface area contributed by atoms with Gasteiger partial charge in [0.1, 0.15) is 5.82 Å². The molecule has 0 saturated carbocycles. The molecule has 1 rings (SSSR count). The first kappa shape index (κ1) is 28.7. The molecule has 0 bridgehead atoms. The van der Waals surface area contributed by atoms with Crippen LogP contribution in [0.4, 0.5) is 0 Å². The maximum absolute atomic E-state index is 4.92. The SMILES string of the molecule is C=C(C)N.C=CC(=CC/C=C(\C)C(=C)CC)C(C)NC(=C)C1=NC(=C)N(C)C(C(=C)C)=C1. The van der Waals surface area contributed by atoms with Gasteiger partial charge >= 0.3 is 0 Å². The molecule has 1 heterocycles. The molecule has 4 heteroatoms. The van der Waals surface area contributed by atoms with E-state index in [0.29, 0.717) is 11.5 Å². The molecule has 0 fully saturated rings. The fraction of sp³-hybridized carbons (Fsp3) is 0.321. The van der Waals surface area contributed by atoms with Crippen LogP contribution < -0.4 is 11.1 Å². The summed E-state index contributed by atoms with van der Waals surface area (Å²) in [5, 5.41) is 3.43. The number of aliphatic imine (C=N–C) groups is 1. The third kappa shape index (κ3) is 9.69. The minimum Gasteiger partial charge on any atom is -0.403 e. The second-order valence-corrected chi connectivity index (χ2v) is 7.96. The normalized spacial score (nSPS) is 14.9. The number of rotatable bonds is 10. The molecule has 1 atom stereocenters. The average molecular weight is 435 g/mol. The molecular weight excluding hydrogens is 392 g/mol. The Morgan fingerprint density at radius 1 is 1.19 bits per heavy atom. The fourth-order valence-electron chi connectivity index (χ4n) is 2.83. The van der Waals surface area contributed by atoms with Gasteiger partial charge in [-0.15, -0.1) is 0 Å². The largest absolute Gasteiger partial charge is 0.403 e. The zero-order valence-corrected chi connectivity index (χ0v) is 21.0. The van der Waals surface area contributed by atoms with Crippen molar-refractivity contribution in [3.05, 3.63) is 109 Å². The van der Waals surface area contributed by atoms with E-state index in [2.05, 4.69) is 82.7 Å². The van der Waals surface area contributed by atoms with Crippen LogP contribution in [0.15, 0.2) is 114 Å². The predicted octanol–water partition coefficient (Wildman–Crippen LogP) is 6.69. The number of hydrogen-bond acceptors (Lipinski definition) is 4. The van der Waals surface area contributed by atoms with Crippen LogP contribution in [0, 0.1) is 0 Å². The Kier molecular flexibility index (Phi) is 12.5. The van der Waals surface area contributed by atoms with Crippen LogP contribution in [0.3, 0.4) is 0 Å². The van der Waals surface area contributed by atoms with Crippen molar-refractivity contribution in [3.63, 3.8) is 0 Å². The minimum absolute atomic E-state index is 0.0605. The van der Waals surface area contributed by atoms with Crippen molar-refractivity contribution in [1.29, 1.82) is 0 Å².